The van der Waals surface area contributed by atoms with Gasteiger partial charge in [-0.25, -0.2) is 9.59 Å². The van der Waals surface area contributed by atoms with E-state index < -0.39 is 24.3 Å². The number of carbonyl (C=O) groups is 2. The summed E-state index contributed by atoms with van der Waals surface area (Å²) in [5.74, 6) is -0.394. The van der Waals surface area contributed by atoms with Gasteiger partial charge in [-0.3, -0.25) is 0 Å². The number of hydrogen-bond donors (Lipinski definition) is 0. The number of hydrogen-bond acceptors (Lipinski definition) is 5. The molecule has 5 nitrogen and oxygen atoms in total. The Morgan fingerprint density at radius 1 is 1.44 bits per heavy atom. The monoisotopic (exact) mass is 250 g/mol. The summed E-state index contributed by atoms with van der Waals surface area (Å²) in [5, 5.41) is 0. The van der Waals surface area contributed by atoms with Gasteiger partial charge in [-0.05, 0) is 19.9 Å². The molecule has 2 atom stereocenters. The summed E-state index contributed by atoms with van der Waals surface area (Å²) in [6.07, 6.45) is -1.92. The molecule has 0 aliphatic carbocycles. The van der Waals surface area contributed by atoms with Crippen molar-refractivity contribution in [1.82, 2.24) is 0 Å². The highest BCUT2D eigenvalue weighted by Gasteiger charge is 2.36. The maximum absolute atomic E-state index is 11.6. The molecule has 0 saturated carbocycles. The van der Waals surface area contributed by atoms with E-state index >= 15 is 0 Å². The molecule has 1 aromatic carbocycles. The summed E-state index contributed by atoms with van der Waals surface area (Å²) in [6.45, 7) is 3.60. The van der Waals surface area contributed by atoms with E-state index in [9.17, 15) is 9.59 Å². The van der Waals surface area contributed by atoms with Crippen molar-refractivity contribution in [3.05, 3.63) is 35.4 Å². The first-order valence-electron chi connectivity index (χ1n) is 5.76. The largest absolute Gasteiger partial charge is 0.508 e. The van der Waals surface area contributed by atoms with Gasteiger partial charge in [0.1, 0.15) is 6.10 Å². The second-order valence-electron chi connectivity index (χ2n) is 3.92. The Labute approximate surface area is 105 Å². The van der Waals surface area contributed by atoms with Crippen LogP contribution in [0.3, 0.4) is 0 Å². The van der Waals surface area contributed by atoms with Gasteiger partial charge < -0.3 is 14.2 Å². The molecule has 18 heavy (non-hydrogen) atoms. The maximum atomic E-state index is 11.6. The van der Waals surface area contributed by atoms with Crippen molar-refractivity contribution in [3.63, 3.8) is 0 Å². The second-order valence-corrected chi connectivity index (χ2v) is 3.92. The fraction of sp³-hybridized carbons (Fsp3) is 0.385. The maximum Gasteiger partial charge on any atom is 0.508 e. The molecule has 1 aliphatic rings. The number of rotatable bonds is 3. The number of ether oxygens (including phenoxy) is 3. The first kappa shape index (κ1) is 12.4. The van der Waals surface area contributed by atoms with Gasteiger partial charge in [0, 0.05) is 5.56 Å². The molecule has 0 N–H and O–H groups in total. The lowest BCUT2D eigenvalue weighted by molar-refractivity contribution is -0.0329. The standard InChI is InChI=1S/C13H14O5/c1-3-16-13(15)17-8(2)11-9-6-4-5-7-10(9)12(14)18-11/h4-8,11H,3H2,1-2H3. The normalized spacial score (nSPS) is 18.8. The molecule has 2 unspecified atom stereocenters. The van der Waals surface area contributed by atoms with Crippen molar-refractivity contribution in [2.45, 2.75) is 26.1 Å². The summed E-state index contributed by atoms with van der Waals surface area (Å²) in [6, 6.07) is 7.05. The predicted octanol–water partition coefficient (Wildman–Crippen LogP) is 2.46. The smallest absolute Gasteiger partial charge is 0.450 e. The van der Waals surface area contributed by atoms with E-state index in [0.717, 1.165) is 5.56 Å². The lowest BCUT2D eigenvalue weighted by atomic mass is 10.0. The minimum atomic E-state index is -0.759. The van der Waals surface area contributed by atoms with Gasteiger partial charge in [0.05, 0.1) is 12.2 Å². The van der Waals surface area contributed by atoms with Crippen LogP contribution < -0.4 is 0 Å². The van der Waals surface area contributed by atoms with E-state index in [2.05, 4.69) is 4.74 Å². The van der Waals surface area contributed by atoms with Crippen LogP contribution in [-0.2, 0) is 14.2 Å². The minimum Gasteiger partial charge on any atom is -0.450 e. The lowest BCUT2D eigenvalue weighted by Gasteiger charge is -2.19. The highest BCUT2D eigenvalue weighted by Crippen LogP contribution is 2.33. The molecule has 0 saturated heterocycles. The lowest BCUT2D eigenvalue weighted by Crippen LogP contribution is -2.23. The van der Waals surface area contributed by atoms with Crippen LogP contribution in [0.1, 0.15) is 35.9 Å². The molecule has 0 aromatic heterocycles. The average Bonchev–Trinajstić information content (AvgIpc) is 2.68. The van der Waals surface area contributed by atoms with Gasteiger partial charge in [0.15, 0.2) is 6.10 Å². The number of esters is 1. The zero-order valence-corrected chi connectivity index (χ0v) is 10.2. The van der Waals surface area contributed by atoms with Gasteiger partial charge in [-0.1, -0.05) is 18.2 Å². The molecule has 0 amide bonds. The number of carbonyl (C=O) groups excluding carboxylic acids is 2. The van der Waals surface area contributed by atoms with Gasteiger partial charge in [0.2, 0.25) is 0 Å². The Morgan fingerprint density at radius 3 is 2.89 bits per heavy atom. The Kier molecular flexibility index (Phi) is 3.50. The highest BCUT2D eigenvalue weighted by atomic mass is 16.7. The Morgan fingerprint density at radius 2 is 2.17 bits per heavy atom. The first-order valence-corrected chi connectivity index (χ1v) is 5.76. The van der Waals surface area contributed by atoms with Crippen LogP contribution in [-0.4, -0.2) is 24.8 Å². The van der Waals surface area contributed by atoms with E-state index in [1.165, 1.54) is 0 Å². The molecule has 96 valence electrons. The fourth-order valence-electron chi connectivity index (χ4n) is 1.89. The summed E-state index contributed by atoms with van der Waals surface area (Å²) < 4.78 is 14.9. The number of benzene rings is 1. The Balaban J connectivity index is 2.11. The quantitative estimate of drug-likeness (QED) is 0.771. The van der Waals surface area contributed by atoms with E-state index in [1.807, 2.05) is 6.07 Å². The van der Waals surface area contributed by atoms with Crippen LogP contribution >= 0.6 is 0 Å². The molecular formula is C13H14O5. The third kappa shape index (κ3) is 2.30. The summed E-state index contributed by atoms with van der Waals surface area (Å²) in [7, 11) is 0. The van der Waals surface area contributed by atoms with Crippen LogP contribution in [0.2, 0.25) is 0 Å². The zero-order valence-electron chi connectivity index (χ0n) is 10.2. The van der Waals surface area contributed by atoms with Crippen LogP contribution in [0, 0.1) is 0 Å². The molecular weight excluding hydrogens is 236 g/mol. The van der Waals surface area contributed by atoms with Gasteiger partial charge >= 0.3 is 12.1 Å². The molecule has 5 heteroatoms. The molecule has 1 aromatic rings. The van der Waals surface area contributed by atoms with E-state index in [1.54, 1.807) is 32.0 Å². The van der Waals surface area contributed by atoms with Gasteiger partial charge in [-0.2, -0.15) is 0 Å². The third-order valence-corrected chi connectivity index (χ3v) is 2.69. The van der Waals surface area contributed by atoms with Crippen molar-refractivity contribution in [3.8, 4) is 0 Å². The number of cyclic esters (lactones) is 1. The SMILES string of the molecule is CCOC(=O)OC(C)C1OC(=O)c2ccccc21. The minimum absolute atomic E-state index is 0.243. The first-order chi connectivity index (χ1) is 8.63. The third-order valence-electron chi connectivity index (χ3n) is 2.69. The highest BCUT2D eigenvalue weighted by molar-refractivity contribution is 5.94. The van der Waals surface area contributed by atoms with Gasteiger partial charge in [0.25, 0.3) is 0 Å². The van der Waals surface area contributed by atoms with Crippen LogP contribution in [0.15, 0.2) is 24.3 Å². The molecule has 0 radical (unpaired) electrons. The molecule has 2 rings (SSSR count). The molecule has 0 bridgehead atoms. The zero-order chi connectivity index (χ0) is 13.1. The summed E-state index contributed by atoms with van der Waals surface area (Å²) in [4.78, 5) is 22.8. The van der Waals surface area contributed by atoms with Crippen LogP contribution in [0.5, 0.6) is 0 Å². The van der Waals surface area contributed by atoms with E-state index in [-0.39, 0.29) is 6.61 Å². The number of fused-ring (bicyclic) bond motifs is 1. The topological polar surface area (TPSA) is 61.8 Å². The molecule has 0 spiro atoms. The Bertz CT molecular complexity index is 468. The summed E-state index contributed by atoms with van der Waals surface area (Å²) in [5.41, 5.74) is 1.25. The van der Waals surface area contributed by atoms with Gasteiger partial charge in [-0.15, -0.1) is 0 Å². The van der Waals surface area contributed by atoms with E-state index in [4.69, 9.17) is 9.47 Å². The molecule has 1 heterocycles. The second kappa shape index (κ2) is 5.08. The summed E-state index contributed by atoms with van der Waals surface area (Å²) >= 11 is 0. The van der Waals surface area contributed by atoms with Crippen molar-refractivity contribution in [1.29, 1.82) is 0 Å². The molecule has 0 fully saturated rings. The average molecular weight is 250 g/mol. The molecule has 1 aliphatic heterocycles. The fourth-order valence-corrected chi connectivity index (χ4v) is 1.89. The van der Waals surface area contributed by atoms with Crippen LogP contribution in [0.4, 0.5) is 4.79 Å². The van der Waals surface area contributed by atoms with E-state index in [0.29, 0.717) is 5.56 Å². The van der Waals surface area contributed by atoms with Crippen LogP contribution in [0.25, 0.3) is 0 Å². The predicted molar refractivity (Wildman–Crippen MR) is 62.2 cm³/mol. The Hall–Kier alpha value is -2.04. The van der Waals surface area contributed by atoms with Crippen molar-refractivity contribution in [2.24, 2.45) is 0 Å². The van der Waals surface area contributed by atoms with Crippen molar-refractivity contribution >= 4 is 12.1 Å². The van der Waals surface area contributed by atoms with Crippen molar-refractivity contribution < 1.29 is 23.8 Å². The van der Waals surface area contributed by atoms with Crippen molar-refractivity contribution in [2.75, 3.05) is 6.61 Å².